The Labute approximate surface area is 150 Å². The van der Waals surface area contributed by atoms with Crippen LogP contribution in [0.15, 0.2) is 77.7 Å². The number of rotatable bonds is 7. The van der Waals surface area contributed by atoms with Crippen LogP contribution in [0, 0.1) is 0 Å². The topological polar surface area (TPSA) is 81.4 Å². The number of hydrogen-bond donors (Lipinski definition) is 1. The van der Waals surface area contributed by atoms with E-state index >= 15 is 0 Å². The maximum absolute atomic E-state index is 12.3. The summed E-state index contributed by atoms with van der Waals surface area (Å²) in [6, 6.07) is 16.3. The zero-order chi connectivity index (χ0) is 18.2. The van der Waals surface area contributed by atoms with Gasteiger partial charge in [0.25, 0.3) is 5.91 Å². The first kappa shape index (κ1) is 17.4. The summed E-state index contributed by atoms with van der Waals surface area (Å²) in [5.41, 5.74) is 1.70. The van der Waals surface area contributed by atoms with E-state index in [0.717, 1.165) is 11.1 Å². The Balaban J connectivity index is 1.60. The summed E-state index contributed by atoms with van der Waals surface area (Å²) in [5, 5.41) is 2.63. The van der Waals surface area contributed by atoms with Crippen LogP contribution in [0.5, 0.6) is 0 Å². The molecule has 26 heavy (non-hydrogen) atoms. The average molecular weight is 350 g/mol. The van der Waals surface area contributed by atoms with Gasteiger partial charge in [-0.1, -0.05) is 30.3 Å². The van der Waals surface area contributed by atoms with Crippen LogP contribution in [0.2, 0.25) is 0 Å². The quantitative estimate of drug-likeness (QED) is 0.662. The van der Waals surface area contributed by atoms with E-state index in [2.05, 4.69) is 10.3 Å². The molecule has 0 saturated heterocycles. The molecule has 1 N–H and O–H groups in total. The summed E-state index contributed by atoms with van der Waals surface area (Å²) >= 11 is 0. The number of benzene rings is 1. The minimum Gasteiger partial charge on any atom is -0.459 e. The Morgan fingerprint density at radius 1 is 1.00 bits per heavy atom. The lowest BCUT2D eigenvalue weighted by Crippen LogP contribution is -2.26. The van der Waals surface area contributed by atoms with Gasteiger partial charge in [-0.15, -0.1) is 0 Å². The second kappa shape index (κ2) is 8.62. The van der Waals surface area contributed by atoms with Crippen LogP contribution in [0.1, 0.15) is 34.2 Å². The molecule has 132 valence electrons. The van der Waals surface area contributed by atoms with Gasteiger partial charge in [-0.2, -0.15) is 0 Å². The number of hydrogen-bond acceptors (Lipinski definition) is 5. The molecule has 1 amide bonds. The third kappa shape index (κ3) is 4.57. The number of carbonyl (C=O) groups is 2. The lowest BCUT2D eigenvalue weighted by atomic mass is 10.0. The fourth-order valence-corrected chi connectivity index (χ4v) is 2.46. The lowest BCUT2D eigenvalue weighted by Gasteiger charge is -2.18. The van der Waals surface area contributed by atoms with Gasteiger partial charge in [0.2, 0.25) is 0 Å². The van der Waals surface area contributed by atoms with Crippen molar-refractivity contribution in [2.24, 2.45) is 0 Å². The highest BCUT2D eigenvalue weighted by Gasteiger charge is 2.19. The van der Waals surface area contributed by atoms with Gasteiger partial charge >= 0.3 is 5.97 Å². The van der Waals surface area contributed by atoms with E-state index in [4.69, 9.17) is 9.15 Å². The Kier molecular flexibility index (Phi) is 5.77. The van der Waals surface area contributed by atoms with Crippen molar-refractivity contribution in [2.75, 3.05) is 6.54 Å². The maximum Gasteiger partial charge on any atom is 0.308 e. The zero-order valence-electron chi connectivity index (χ0n) is 14.0. The summed E-state index contributed by atoms with van der Waals surface area (Å²) in [5.74, 6) is -0.565. The van der Waals surface area contributed by atoms with Gasteiger partial charge in [-0.05, 0) is 29.8 Å². The van der Waals surface area contributed by atoms with E-state index in [0.29, 0.717) is 0 Å². The fourth-order valence-electron chi connectivity index (χ4n) is 2.46. The third-order valence-electron chi connectivity index (χ3n) is 3.72. The molecule has 2 heterocycles. The van der Waals surface area contributed by atoms with Crippen LogP contribution >= 0.6 is 0 Å². The maximum atomic E-state index is 12.3. The normalized spacial score (nSPS) is 11.5. The van der Waals surface area contributed by atoms with Crippen molar-refractivity contribution in [2.45, 2.75) is 12.5 Å². The number of pyridine rings is 1. The number of furan rings is 1. The number of nitrogens with zero attached hydrogens (tertiary/aromatic N) is 1. The van der Waals surface area contributed by atoms with Crippen LogP contribution in [-0.4, -0.2) is 23.4 Å². The Morgan fingerprint density at radius 3 is 2.42 bits per heavy atom. The molecule has 1 aromatic carbocycles. The first-order valence-electron chi connectivity index (χ1n) is 8.20. The number of esters is 1. The van der Waals surface area contributed by atoms with Crippen molar-refractivity contribution in [1.29, 1.82) is 0 Å². The minimum absolute atomic E-state index is 0.0564. The van der Waals surface area contributed by atoms with Gasteiger partial charge in [0.15, 0.2) is 11.9 Å². The molecule has 2 aromatic heterocycles. The van der Waals surface area contributed by atoms with Crippen molar-refractivity contribution in [3.8, 4) is 0 Å². The van der Waals surface area contributed by atoms with Gasteiger partial charge in [-0.3, -0.25) is 14.6 Å². The molecular weight excluding hydrogens is 332 g/mol. The van der Waals surface area contributed by atoms with Crippen molar-refractivity contribution >= 4 is 11.9 Å². The molecular formula is C20H18N2O4. The van der Waals surface area contributed by atoms with Crippen LogP contribution in [0.25, 0.3) is 0 Å². The summed E-state index contributed by atoms with van der Waals surface area (Å²) in [4.78, 5) is 28.0. The predicted molar refractivity (Wildman–Crippen MR) is 94.3 cm³/mol. The van der Waals surface area contributed by atoms with Gasteiger partial charge < -0.3 is 14.5 Å². The van der Waals surface area contributed by atoms with E-state index in [9.17, 15) is 9.59 Å². The summed E-state index contributed by atoms with van der Waals surface area (Å²) < 4.78 is 10.7. The Bertz CT molecular complexity index is 793. The largest absolute Gasteiger partial charge is 0.459 e. The van der Waals surface area contributed by atoms with E-state index in [1.165, 1.54) is 6.26 Å². The van der Waals surface area contributed by atoms with Crippen molar-refractivity contribution in [3.63, 3.8) is 0 Å². The molecule has 6 heteroatoms. The molecule has 0 spiro atoms. The van der Waals surface area contributed by atoms with Crippen LogP contribution < -0.4 is 5.32 Å². The van der Waals surface area contributed by atoms with Gasteiger partial charge in [0.1, 0.15) is 0 Å². The molecule has 0 radical (unpaired) electrons. The number of carbonyl (C=O) groups excluding carboxylic acids is 2. The van der Waals surface area contributed by atoms with Crippen LogP contribution in [0.3, 0.4) is 0 Å². The van der Waals surface area contributed by atoms with E-state index in [1.54, 1.807) is 24.5 Å². The standard InChI is InChI=1S/C20H18N2O4/c23-18(10-13-22-20(24)17-7-4-14-25-17)26-19(15-5-2-1-3-6-15)16-8-11-21-12-9-16/h1-9,11-12,14,19H,10,13H2,(H,22,24). The van der Waals surface area contributed by atoms with E-state index < -0.39 is 12.1 Å². The molecule has 1 atom stereocenters. The number of aromatic nitrogens is 1. The molecule has 1 unspecified atom stereocenters. The van der Waals surface area contributed by atoms with Crippen LogP contribution in [0.4, 0.5) is 0 Å². The Hall–Kier alpha value is -3.41. The van der Waals surface area contributed by atoms with Gasteiger partial charge in [-0.25, -0.2) is 0 Å². The highest BCUT2D eigenvalue weighted by Crippen LogP contribution is 2.25. The van der Waals surface area contributed by atoms with Crippen LogP contribution in [-0.2, 0) is 9.53 Å². The molecule has 0 aliphatic carbocycles. The fraction of sp³-hybridized carbons (Fsp3) is 0.150. The van der Waals surface area contributed by atoms with Gasteiger partial charge in [0.05, 0.1) is 12.7 Å². The molecule has 0 fully saturated rings. The van der Waals surface area contributed by atoms with E-state index in [1.807, 2.05) is 42.5 Å². The molecule has 3 rings (SSSR count). The molecule has 0 aliphatic rings. The molecule has 0 bridgehead atoms. The van der Waals surface area contributed by atoms with E-state index in [-0.39, 0.29) is 24.6 Å². The SMILES string of the molecule is O=C(CCNC(=O)c1ccco1)OC(c1ccccc1)c1ccncc1. The summed E-state index contributed by atoms with van der Waals surface area (Å²) in [7, 11) is 0. The first-order chi connectivity index (χ1) is 12.7. The smallest absolute Gasteiger partial charge is 0.308 e. The number of amides is 1. The zero-order valence-corrected chi connectivity index (χ0v) is 14.0. The molecule has 6 nitrogen and oxygen atoms in total. The van der Waals surface area contributed by atoms with Crippen molar-refractivity contribution in [3.05, 3.63) is 90.1 Å². The molecule has 0 aliphatic heterocycles. The minimum atomic E-state index is -0.521. The second-order valence-electron chi connectivity index (χ2n) is 5.54. The highest BCUT2D eigenvalue weighted by molar-refractivity contribution is 5.91. The first-order valence-corrected chi connectivity index (χ1v) is 8.20. The lowest BCUT2D eigenvalue weighted by molar-refractivity contribution is -0.147. The number of nitrogens with one attached hydrogen (secondary N) is 1. The molecule has 3 aromatic rings. The summed E-state index contributed by atoms with van der Waals surface area (Å²) in [6.45, 7) is 0.163. The van der Waals surface area contributed by atoms with Crippen molar-refractivity contribution < 1.29 is 18.7 Å². The Morgan fingerprint density at radius 2 is 1.73 bits per heavy atom. The third-order valence-corrected chi connectivity index (χ3v) is 3.72. The second-order valence-corrected chi connectivity index (χ2v) is 5.54. The average Bonchev–Trinajstić information content (AvgIpc) is 3.22. The van der Waals surface area contributed by atoms with Gasteiger partial charge in [0, 0.05) is 24.5 Å². The predicted octanol–water partition coefficient (Wildman–Crippen LogP) is 3.13. The monoisotopic (exact) mass is 350 g/mol. The molecule has 0 saturated carbocycles. The summed E-state index contributed by atoms with van der Waals surface area (Å²) in [6.07, 6.45) is 4.27. The highest BCUT2D eigenvalue weighted by atomic mass is 16.5. The van der Waals surface area contributed by atoms with Crippen molar-refractivity contribution in [1.82, 2.24) is 10.3 Å². The number of ether oxygens (including phenoxy) is 1.